The molecular weight excluding hydrogens is 164 g/mol. The summed E-state index contributed by atoms with van der Waals surface area (Å²) in [5.41, 5.74) is 5.56. The maximum absolute atomic E-state index is 11.0. The second-order valence-electron chi connectivity index (χ2n) is 4.48. The van der Waals surface area contributed by atoms with Crippen LogP contribution in [0.4, 0.5) is 0 Å². The standard InChI is InChI=1S/C10H18N2O/c11-9(13)8-4-7-10(12-8)5-2-1-3-6-10/h8,12H,1-7H2,(H2,11,13). The van der Waals surface area contributed by atoms with E-state index in [0.29, 0.717) is 0 Å². The van der Waals surface area contributed by atoms with E-state index >= 15 is 0 Å². The number of nitrogens with one attached hydrogen (secondary N) is 1. The van der Waals surface area contributed by atoms with E-state index in [4.69, 9.17) is 5.73 Å². The first kappa shape index (κ1) is 9.00. The summed E-state index contributed by atoms with van der Waals surface area (Å²) in [7, 11) is 0. The van der Waals surface area contributed by atoms with Crippen molar-refractivity contribution in [3.05, 3.63) is 0 Å². The van der Waals surface area contributed by atoms with Crippen LogP contribution in [0.15, 0.2) is 0 Å². The fourth-order valence-corrected chi connectivity index (χ4v) is 2.77. The molecule has 2 aliphatic rings. The van der Waals surface area contributed by atoms with Crippen molar-refractivity contribution in [2.45, 2.75) is 56.5 Å². The van der Waals surface area contributed by atoms with E-state index in [1.54, 1.807) is 0 Å². The minimum absolute atomic E-state index is 0.0573. The molecule has 2 rings (SSSR count). The first-order chi connectivity index (χ1) is 6.22. The molecule has 0 aromatic heterocycles. The Bertz CT molecular complexity index is 209. The number of rotatable bonds is 1. The lowest BCUT2D eigenvalue weighted by Gasteiger charge is -2.34. The molecule has 1 saturated heterocycles. The minimum atomic E-state index is -0.178. The summed E-state index contributed by atoms with van der Waals surface area (Å²) < 4.78 is 0. The van der Waals surface area contributed by atoms with Gasteiger partial charge in [-0.1, -0.05) is 19.3 Å². The van der Waals surface area contributed by atoms with Crippen molar-refractivity contribution in [1.82, 2.24) is 5.32 Å². The van der Waals surface area contributed by atoms with E-state index < -0.39 is 0 Å². The van der Waals surface area contributed by atoms with E-state index in [9.17, 15) is 4.79 Å². The Morgan fingerprint density at radius 3 is 2.46 bits per heavy atom. The SMILES string of the molecule is NC(=O)C1CCC2(CCCCC2)N1. The molecule has 3 heteroatoms. The largest absolute Gasteiger partial charge is 0.368 e. The molecule has 74 valence electrons. The van der Waals surface area contributed by atoms with Gasteiger partial charge in [-0.25, -0.2) is 0 Å². The molecule has 1 amide bonds. The highest BCUT2D eigenvalue weighted by Crippen LogP contribution is 2.36. The van der Waals surface area contributed by atoms with Crippen LogP contribution in [0.5, 0.6) is 0 Å². The van der Waals surface area contributed by atoms with Crippen molar-refractivity contribution < 1.29 is 4.79 Å². The van der Waals surface area contributed by atoms with Gasteiger partial charge in [0.05, 0.1) is 6.04 Å². The predicted octanol–water partition coefficient (Wildman–Crippen LogP) is 0.927. The van der Waals surface area contributed by atoms with Crippen molar-refractivity contribution in [1.29, 1.82) is 0 Å². The lowest BCUT2D eigenvalue weighted by atomic mass is 9.81. The highest BCUT2D eigenvalue weighted by atomic mass is 16.1. The van der Waals surface area contributed by atoms with Crippen LogP contribution in [0, 0.1) is 0 Å². The van der Waals surface area contributed by atoms with Gasteiger partial charge >= 0.3 is 0 Å². The number of primary amides is 1. The highest BCUT2D eigenvalue weighted by molar-refractivity contribution is 5.80. The Labute approximate surface area is 79.1 Å². The number of amides is 1. The molecule has 0 aromatic carbocycles. The quantitative estimate of drug-likeness (QED) is 0.633. The van der Waals surface area contributed by atoms with E-state index in [0.717, 1.165) is 12.8 Å². The highest BCUT2D eigenvalue weighted by Gasteiger charge is 2.40. The number of hydrogen-bond donors (Lipinski definition) is 2. The molecule has 1 heterocycles. The molecule has 3 N–H and O–H groups in total. The zero-order valence-corrected chi connectivity index (χ0v) is 8.01. The molecule has 1 aliphatic heterocycles. The van der Waals surface area contributed by atoms with Crippen LogP contribution < -0.4 is 11.1 Å². The second-order valence-corrected chi connectivity index (χ2v) is 4.48. The normalized spacial score (nSPS) is 32.2. The van der Waals surface area contributed by atoms with Crippen LogP contribution in [-0.2, 0) is 4.79 Å². The van der Waals surface area contributed by atoms with Crippen LogP contribution in [0.2, 0.25) is 0 Å². The molecule has 0 bridgehead atoms. The Morgan fingerprint density at radius 2 is 1.92 bits per heavy atom. The predicted molar refractivity (Wildman–Crippen MR) is 51.2 cm³/mol. The molecule has 1 atom stereocenters. The van der Waals surface area contributed by atoms with Gasteiger partial charge < -0.3 is 11.1 Å². The first-order valence-corrected chi connectivity index (χ1v) is 5.29. The lowest BCUT2D eigenvalue weighted by molar-refractivity contribution is -0.119. The maximum Gasteiger partial charge on any atom is 0.234 e. The zero-order valence-electron chi connectivity index (χ0n) is 8.01. The molecule has 3 nitrogen and oxygen atoms in total. The Kier molecular flexibility index (Phi) is 2.28. The molecule has 1 saturated carbocycles. The van der Waals surface area contributed by atoms with Crippen molar-refractivity contribution in [2.75, 3.05) is 0 Å². The molecular formula is C10H18N2O. The zero-order chi connectivity index (χ0) is 9.31. The van der Waals surface area contributed by atoms with Gasteiger partial charge in [0.25, 0.3) is 0 Å². The van der Waals surface area contributed by atoms with Crippen LogP contribution in [0.25, 0.3) is 0 Å². The average molecular weight is 182 g/mol. The van der Waals surface area contributed by atoms with Gasteiger partial charge in [-0.3, -0.25) is 4.79 Å². The van der Waals surface area contributed by atoms with Gasteiger partial charge in [0, 0.05) is 5.54 Å². The summed E-state index contributed by atoms with van der Waals surface area (Å²) in [6.45, 7) is 0. The van der Waals surface area contributed by atoms with Gasteiger partial charge in [0.2, 0.25) is 5.91 Å². The van der Waals surface area contributed by atoms with Gasteiger partial charge in [-0.15, -0.1) is 0 Å². The Balaban J connectivity index is 1.98. The number of carbonyl (C=O) groups excluding carboxylic acids is 1. The summed E-state index contributed by atoms with van der Waals surface area (Å²) in [5, 5.41) is 3.43. The van der Waals surface area contributed by atoms with Crippen molar-refractivity contribution in [3.63, 3.8) is 0 Å². The fraction of sp³-hybridized carbons (Fsp3) is 0.900. The van der Waals surface area contributed by atoms with Crippen molar-refractivity contribution in [2.24, 2.45) is 5.73 Å². The van der Waals surface area contributed by atoms with E-state index in [1.165, 1.54) is 32.1 Å². The molecule has 2 fully saturated rings. The summed E-state index contributed by atoms with van der Waals surface area (Å²) >= 11 is 0. The summed E-state index contributed by atoms with van der Waals surface area (Å²) in [6, 6.07) is -0.0573. The summed E-state index contributed by atoms with van der Waals surface area (Å²) in [5.74, 6) is -0.178. The fourth-order valence-electron chi connectivity index (χ4n) is 2.77. The topological polar surface area (TPSA) is 55.1 Å². The first-order valence-electron chi connectivity index (χ1n) is 5.29. The third-order valence-corrected chi connectivity index (χ3v) is 3.55. The second kappa shape index (κ2) is 3.29. The van der Waals surface area contributed by atoms with Crippen molar-refractivity contribution >= 4 is 5.91 Å². The van der Waals surface area contributed by atoms with E-state index in [-0.39, 0.29) is 17.5 Å². The van der Waals surface area contributed by atoms with Crippen molar-refractivity contribution in [3.8, 4) is 0 Å². The van der Waals surface area contributed by atoms with E-state index in [1.807, 2.05) is 0 Å². The monoisotopic (exact) mass is 182 g/mol. The summed E-state index contributed by atoms with van der Waals surface area (Å²) in [4.78, 5) is 11.0. The number of carbonyl (C=O) groups is 1. The van der Waals surface area contributed by atoms with Gasteiger partial charge in [0.15, 0.2) is 0 Å². The van der Waals surface area contributed by atoms with Gasteiger partial charge in [-0.2, -0.15) is 0 Å². The van der Waals surface area contributed by atoms with Crippen LogP contribution >= 0.6 is 0 Å². The number of hydrogen-bond acceptors (Lipinski definition) is 2. The molecule has 1 unspecified atom stereocenters. The Hall–Kier alpha value is -0.570. The summed E-state index contributed by atoms with van der Waals surface area (Å²) in [6.07, 6.45) is 8.51. The Morgan fingerprint density at radius 1 is 1.23 bits per heavy atom. The molecule has 13 heavy (non-hydrogen) atoms. The van der Waals surface area contributed by atoms with E-state index in [2.05, 4.69) is 5.32 Å². The third kappa shape index (κ3) is 1.70. The average Bonchev–Trinajstić information content (AvgIpc) is 2.51. The molecule has 1 spiro atoms. The van der Waals surface area contributed by atoms with Crippen LogP contribution in [-0.4, -0.2) is 17.5 Å². The van der Waals surface area contributed by atoms with Crippen LogP contribution in [0.1, 0.15) is 44.9 Å². The van der Waals surface area contributed by atoms with Gasteiger partial charge in [0.1, 0.15) is 0 Å². The minimum Gasteiger partial charge on any atom is -0.368 e. The molecule has 1 aliphatic carbocycles. The lowest BCUT2D eigenvalue weighted by Crippen LogP contribution is -2.48. The van der Waals surface area contributed by atoms with Gasteiger partial charge in [-0.05, 0) is 25.7 Å². The maximum atomic E-state index is 11.0. The smallest absolute Gasteiger partial charge is 0.234 e. The molecule has 0 radical (unpaired) electrons. The third-order valence-electron chi connectivity index (χ3n) is 3.55. The van der Waals surface area contributed by atoms with Crippen LogP contribution in [0.3, 0.4) is 0 Å². The number of nitrogens with two attached hydrogens (primary N) is 1. The molecule has 0 aromatic rings.